The number of methoxy groups -OCH3 is 2. The van der Waals surface area contributed by atoms with Gasteiger partial charge in [0.05, 0.1) is 19.9 Å². The quantitative estimate of drug-likeness (QED) is 0.589. The number of ether oxygens (including phenoxy) is 2. The molecular weight excluding hydrogens is 354 g/mol. The predicted molar refractivity (Wildman–Crippen MR) is 102 cm³/mol. The Labute approximate surface area is 157 Å². The standard InChI is InChI=1S/C19H18ClN3O3/c1-12-15(20)5-4-6-16(12)22-11-13(10-21)19(24)23-17-9-14(25-2)7-8-18(17)26-3/h4-9,11,22H,1-3H3,(H,23,24)/b13-11-. The largest absolute Gasteiger partial charge is 0.497 e. The number of carbonyl (C=O) groups excluding carboxylic acids is 1. The molecule has 0 unspecified atom stereocenters. The number of halogens is 1. The molecule has 0 heterocycles. The molecule has 7 heteroatoms. The second-order valence-electron chi connectivity index (χ2n) is 5.25. The Hall–Kier alpha value is -3.17. The molecular formula is C19H18ClN3O3. The van der Waals surface area contributed by atoms with Gasteiger partial charge in [-0.05, 0) is 36.8 Å². The highest BCUT2D eigenvalue weighted by Crippen LogP contribution is 2.29. The van der Waals surface area contributed by atoms with Crippen molar-refractivity contribution in [1.29, 1.82) is 5.26 Å². The van der Waals surface area contributed by atoms with Crippen molar-refractivity contribution in [3.8, 4) is 17.6 Å². The highest BCUT2D eigenvalue weighted by Gasteiger charge is 2.13. The van der Waals surface area contributed by atoms with Crippen LogP contribution in [-0.4, -0.2) is 20.1 Å². The van der Waals surface area contributed by atoms with Crippen molar-refractivity contribution in [2.24, 2.45) is 0 Å². The van der Waals surface area contributed by atoms with Gasteiger partial charge in [0.25, 0.3) is 5.91 Å². The van der Waals surface area contributed by atoms with Crippen molar-refractivity contribution in [2.45, 2.75) is 6.92 Å². The summed E-state index contributed by atoms with van der Waals surface area (Å²) in [5, 5.41) is 15.5. The van der Waals surface area contributed by atoms with E-state index in [1.54, 1.807) is 36.4 Å². The number of hydrogen-bond donors (Lipinski definition) is 2. The van der Waals surface area contributed by atoms with Gasteiger partial charge in [0, 0.05) is 23.0 Å². The monoisotopic (exact) mass is 371 g/mol. The van der Waals surface area contributed by atoms with Crippen LogP contribution in [-0.2, 0) is 4.79 Å². The lowest BCUT2D eigenvalue weighted by molar-refractivity contribution is -0.112. The third-order valence-corrected chi connectivity index (χ3v) is 4.07. The van der Waals surface area contributed by atoms with Gasteiger partial charge in [-0.2, -0.15) is 5.26 Å². The number of nitrogens with one attached hydrogen (secondary N) is 2. The van der Waals surface area contributed by atoms with Crippen LogP contribution >= 0.6 is 11.6 Å². The van der Waals surface area contributed by atoms with Gasteiger partial charge in [0.1, 0.15) is 23.1 Å². The molecule has 0 aliphatic heterocycles. The summed E-state index contributed by atoms with van der Waals surface area (Å²) in [4.78, 5) is 12.4. The van der Waals surface area contributed by atoms with Crippen molar-refractivity contribution in [3.05, 3.63) is 58.8 Å². The van der Waals surface area contributed by atoms with Crippen molar-refractivity contribution < 1.29 is 14.3 Å². The van der Waals surface area contributed by atoms with Crippen molar-refractivity contribution >= 4 is 28.9 Å². The Morgan fingerprint density at radius 2 is 1.96 bits per heavy atom. The van der Waals surface area contributed by atoms with E-state index in [1.807, 2.05) is 13.0 Å². The molecule has 0 radical (unpaired) electrons. The maximum absolute atomic E-state index is 12.4. The number of nitrogens with zero attached hydrogens (tertiary/aromatic N) is 1. The van der Waals surface area contributed by atoms with Crippen molar-refractivity contribution in [1.82, 2.24) is 0 Å². The number of anilines is 2. The molecule has 0 spiro atoms. The first-order valence-electron chi connectivity index (χ1n) is 7.65. The molecule has 6 nitrogen and oxygen atoms in total. The van der Waals surface area contributed by atoms with Crippen LogP contribution in [0.1, 0.15) is 5.56 Å². The Morgan fingerprint density at radius 3 is 2.62 bits per heavy atom. The minimum Gasteiger partial charge on any atom is -0.497 e. The highest BCUT2D eigenvalue weighted by atomic mass is 35.5. The van der Waals surface area contributed by atoms with E-state index in [4.69, 9.17) is 21.1 Å². The van der Waals surface area contributed by atoms with E-state index in [2.05, 4.69) is 10.6 Å². The molecule has 0 saturated heterocycles. The van der Waals surface area contributed by atoms with Crippen LogP contribution in [0.25, 0.3) is 0 Å². The lowest BCUT2D eigenvalue weighted by Crippen LogP contribution is -2.15. The molecule has 0 aromatic heterocycles. The number of nitriles is 1. The minimum absolute atomic E-state index is 0.103. The van der Waals surface area contributed by atoms with Gasteiger partial charge >= 0.3 is 0 Å². The van der Waals surface area contributed by atoms with E-state index in [0.29, 0.717) is 27.9 Å². The summed E-state index contributed by atoms with van der Waals surface area (Å²) in [7, 11) is 3.01. The van der Waals surface area contributed by atoms with Gasteiger partial charge in [-0.25, -0.2) is 0 Å². The zero-order valence-electron chi connectivity index (χ0n) is 14.6. The maximum Gasteiger partial charge on any atom is 0.267 e. The molecule has 0 fully saturated rings. The van der Waals surface area contributed by atoms with Gasteiger partial charge in [0.2, 0.25) is 0 Å². The first-order valence-corrected chi connectivity index (χ1v) is 8.03. The highest BCUT2D eigenvalue weighted by molar-refractivity contribution is 6.31. The van der Waals surface area contributed by atoms with Crippen LogP contribution < -0.4 is 20.1 Å². The van der Waals surface area contributed by atoms with Crippen LogP contribution in [0.4, 0.5) is 11.4 Å². The normalized spacial score (nSPS) is 10.7. The summed E-state index contributed by atoms with van der Waals surface area (Å²) in [6.07, 6.45) is 1.33. The Bertz CT molecular complexity index is 888. The van der Waals surface area contributed by atoms with E-state index < -0.39 is 5.91 Å². The lowest BCUT2D eigenvalue weighted by atomic mass is 10.2. The van der Waals surface area contributed by atoms with E-state index >= 15 is 0 Å². The Kier molecular flexibility index (Phi) is 6.48. The number of amides is 1. The Balaban J connectivity index is 2.21. The number of hydrogen-bond acceptors (Lipinski definition) is 5. The van der Waals surface area contributed by atoms with Crippen LogP contribution in [0.3, 0.4) is 0 Å². The van der Waals surface area contributed by atoms with E-state index in [1.165, 1.54) is 20.4 Å². The zero-order valence-corrected chi connectivity index (χ0v) is 15.3. The smallest absolute Gasteiger partial charge is 0.267 e. The fourth-order valence-corrected chi connectivity index (χ4v) is 2.34. The molecule has 2 rings (SSSR count). The number of benzene rings is 2. The molecule has 2 N–H and O–H groups in total. The molecule has 0 aliphatic rings. The van der Waals surface area contributed by atoms with Gasteiger partial charge < -0.3 is 20.1 Å². The summed E-state index contributed by atoms with van der Waals surface area (Å²) >= 11 is 6.06. The molecule has 1 amide bonds. The first kappa shape index (κ1) is 19.2. The fourth-order valence-electron chi connectivity index (χ4n) is 2.16. The molecule has 0 atom stereocenters. The van der Waals surface area contributed by atoms with E-state index in [9.17, 15) is 10.1 Å². The molecule has 2 aromatic carbocycles. The molecule has 0 aliphatic carbocycles. The average Bonchev–Trinajstić information content (AvgIpc) is 2.65. The predicted octanol–water partition coefficient (Wildman–Crippen LogP) is 4.12. The summed E-state index contributed by atoms with van der Waals surface area (Å²) in [6.45, 7) is 1.84. The summed E-state index contributed by atoms with van der Waals surface area (Å²) in [6, 6.07) is 12.2. The van der Waals surface area contributed by atoms with E-state index in [-0.39, 0.29) is 5.57 Å². The average molecular weight is 372 g/mol. The van der Waals surface area contributed by atoms with Crippen LogP contribution in [0, 0.1) is 18.3 Å². The maximum atomic E-state index is 12.4. The van der Waals surface area contributed by atoms with Crippen molar-refractivity contribution in [2.75, 3.05) is 24.9 Å². The van der Waals surface area contributed by atoms with Gasteiger partial charge in [-0.3, -0.25) is 4.79 Å². The third kappa shape index (κ3) is 4.47. The molecule has 26 heavy (non-hydrogen) atoms. The van der Waals surface area contributed by atoms with Crippen LogP contribution in [0.2, 0.25) is 5.02 Å². The third-order valence-electron chi connectivity index (χ3n) is 3.66. The van der Waals surface area contributed by atoms with Crippen LogP contribution in [0.5, 0.6) is 11.5 Å². The summed E-state index contributed by atoms with van der Waals surface area (Å²) < 4.78 is 10.4. The second-order valence-corrected chi connectivity index (χ2v) is 5.65. The first-order chi connectivity index (χ1) is 12.5. The second kappa shape index (κ2) is 8.79. The molecule has 134 valence electrons. The number of carbonyl (C=O) groups is 1. The fraction of sp³-hybridized carbons (Fsp3) is 0.158. The van der Waals surface area contributed by atoms with Crippen LogP contribution in [0.15, 0.2) is 48.2 Å². The SMILES string of the molecule is COc1ccc(OC)c(NC(=O)/C(C#N)=C\Nc2cccc(Cl)c2C)c1. The molecule has 0 bridgehead atoms. The van der Waals surface area contributed by atoms with Gasteiger partial charge in [0.15, 0.2) is 0 Å². The Morgan fingerprint density at radius 1 is 1.19 bits per heavy atom. The van der Waals surface area contributed by atoms with Crippen molar-refractivity contribution in [3.63, 3.8) is 0 Å². The zero-order chi connectivity index (χ0) is 19.1. The number of rotatable bonds is 6. The minimum atomic E-state index is -0.578. The van der Waals surface area contributed by atoms with E-state index in [0.717, 1.165) is 5.56 Å². The molecule has 2 aromatic rings. The van der Waals surface area contributed by atoms with Gasteiger partial charge in [-0.15, -0.1) is 0 Å². The summed E-state index contributed by atoms with van der Waals surface area (Å²) in [5.41, 5.74) is 1.82. The lowest BCUT2D eigenvalue weighted by Gasteiger charge is -2.12. The molecule has 0 saturated carbocycles. The summed E-state index contributed by atoms with van der Waals surface area (Å²) in [5.74, 6) is 0.428. The topological polar surface area (TPSA) is 83.4 Å². The van der Waals surface area contributed by atoms with Gasteiger partial charge in [-0.1, -0.05) is 17.7 Å².